The minimum atomic E-state index is -0.779. The lowest BCUT2D eigenvalue weighted by Crippen LogP contribution is -2.28. The van der Waals surface area contributed by atoms with E-state index in [-0.39, 0.29) is 25.2 Å². The van der Waals surface area contributed by atoms with Crippen LogP contribution < -0.4 is 0 Å². The Labute approximate surface area is 297 Å². The Balaban J connectivity index is 3.58. The molecule has 48 heavy (non-hydrogen) atoms. The molecule has 5 nitrogen and oxygen atoms in total. The van der Waals surface area contributed by atoms with Gasteiger partial charge >= 0.3 is 11.9 Å². The third-order valence-corrected chi connectivity index (χ3v) is 8.64. The molecule has 0 aliphatic carbocycles. The number of esters is 2. The lowest BCUT2D eigenvalue weighted by molar-refractivity contribution is -0.161. The largest absolute Gasteiger partial charge is 0.462 e. The van der Waals surface area contributed by atoms with Crippen molar-refractivity contribution in [3.05, 3.63) is 48.6 Å². The van der Waals surface area contributed by atoms with Crippen molar-refractivity contribution in [2.75, 3.05) is 13.2 Å². The lowest BCUT2D eigenvalue weighted by Gasteiger charge is -2.15. The normalized spacial score (nSPS) is 12.6. The van der Waals surface area contributed by atoms with E-state index in [4.69, 9.17) is 9.47 Å². The Morgan fingerprint density at radius 2 is 0.896 bits per heavy atom. The maximum Gasteiger partial charge on any atom is 0.306 e. The van der Waals surface area contributed by atoms with Gasteiger partial charge in [0.15, 0.2) is 6.10 Å². The van der Waals surface area contributed by atoms with E-state index in [0.717, 1.165) is 77.0 Å². The number of carbonyl (C=O) groups excluding carboxylic acids is 2. The van der Waals surface area contributed by atoms with Crippen LogP contribution >= 0.6 is 0 Å². The Hall–Kier alpha value is -2.14. The van der Waals surface area contributed by atoms with Crippen LogP contribution in [-0.2, 0) is 19.1 Å². The van der Waals surface area contributed by atoms with Gasteiger partial charge in [-0.15, -0.1) is 0 Å². The van der Waals surface area contributed by atoms with Gasteiger partial charge in [-0.3, -0.25) is 9.59 Å². The van der Waals surface area contributed by atoms with Crippen LogP contribution in [0.2, 0.25) is 0 Å². The summed E-state index contributed by atoms with van der Waals surface area (Å²) in [5.41, 5.74) is 0. The summed E-state index contributed by atoms with van der Waals surface area (Å²) >= 11 is 0. The fourth-order valence-corrected chi connectivity index (χ4v) is 5.60. The van der Waals surface area contributed by atoms with E-state index in [1.807, 2.05) is 0 Å². The first kappa shape index (κ1) is 45.9. The van der Waals surface area contributed by atoms with Crippen molar-refractivity contribution in [2.24, 2.45) is 0 Å². The second kappa shape index (κ2) is 39.3. The molecule has 1 unspecified atom stereocenters. The van der Waals surface area contributed by atoms with Crippen molar-refractivity contribution in [2.45, 2.75) is 200 Å². The molecule has 1 N–H and O–H groups in total. The van der Waals surface area contributed by atoms with Gasteiger partial charge in [0.1, 0.15) is 6.61 Å². The van der Waals surface area contributed by atoms with Crippen LogP contribution in [0.1, 0.15) is 194 Å². The van der Waals surface area contributed by atoms with Gasteiger partial charge in [-0.05, 0) is 51.4 Å². The molecule has 0 amide bonds. The van der Waals surface area contributed by atoms with E-state index in [9.17, 15) is 14.7 Å². The van der Waals surface area contributed by atoms with Gasteiger partial charge in [-0.2, -0.15) is 0 Å². The first-order chi connectivity index (χ1) is 23.6. The van der Waals surface area contributed by atoms with Crippen LogP contribution in [0.25, 0.3) is 0 Å². The van der Waals surface area contributed by atoms with Crippen LogP contribution in [0.4, 0.5) is 0 Å². The van der Waals surface area contributed by atoms with Gasteiger partial charge in [0.2, 0.25) is 0 Å². The summed E-state index contributed by atoms with van der Waals surface area (Å²) in [5, 5.41) is 9.56. The number of hydrogen-bond donors (Lipinski definition) is 1. The molecule has 0 heterocycles. The molecule has 0 fully saturated rings. The number of unbranched alkanes of at least 4 members (excludes halogenated alkanes) is 20. The summed E-state index contributed by atoms with van der Waals surface area (Å²) < 4.78 is 10.6. The highest BCUT2D eigenvalue weighted by Crippen LogP contribution is 2.15. The summed E-state index contributed by atoms with van der Waals surface area (Å²) in [5.74, 6) is -0.615. The van der Waals surface area contributed by atoms with Crippen molar-refractivity contribution >= 4 is 11.9 Å². The lowest BCUT2D eigenvalue weighted by atomic mass is 10.0. The summed E-state index contributed by atoms with van der Waals surface area (Å²) in [4.78, 5) is 24.3. The second-order valence-electron chi connectivity index (χ2n) is 13.3. The molecule has 0 spiro atoms. The average molecular weight is 673 g/mol. The standard InChI is InChI=1S/C43H76O5/c1-3-5-7-9-11-13-15-17-19-21-23-25-27-29-31-33-35-37-42(45)47-40-41(39-44)48-43(46)38-36-34-32-30-28-26-24-22-20-18-16-14-12-10-8-6-4-2/h5,7,11,13,17,19,23,25,41,44H,3-4,6,8-10,12,14-16,18,20-22,24,26-40H2,1-2H3. The first-order valence-corrected chi connectivity index (χ1v) is 20.2. The number of carbonyl (C=O) groups is 2. The summed E-state index contributed by atoms with van der Waals surface area (Å²) in [6.45, 7) is 4.01. The molecule has 1 atom stereocenters. The monoisotopic (exact) mass is 673 g/mol. The number of rotatable bonds is 36. The maximum absolute atomic E-state index is 12.2. The van der Waals surface area contributed by atoms with Gasteiger partial charge in [0.05, 0.1) is 6.61 Å². The molecule has 0 radical (unpaired) electrons. The third kappa shape index (κ3) is 36.7. The minimum Gasteiger partial charge on any atom is -0.462 e. The van der Waals surface area contributed by atoms with Gasteiger partial charge in [-0.1, -0.05) is 178 Å². The van der Waals surface area contributed by atoms with Gasteiger partial charge in [0.25, 0.3) is 0 Å². The molecule has 0 aliphatic heterocycles. The van der Waals surface area contributed by atoms with E-state index in [1.54, 1.807) is 0 Å². The number of allylic oxidation sites excluding steroid dienone is 8. The zero-order chi connectivity index (χ0) is 35.0. The number of ether oxygens (including phenoxy) is 2. The molecule has 0 aromatic rings. The molecule has 0 saturated carbocycles. The van der Waals surface area contributed by atoms with Crippen molar-refractivity contribution in [1.82, 2.24) is 0 Å². The molecular weight excluding hydrogens is 596 g/mol. The van der Waals surface area contributed by atoms with E-state index < -0.39 is 6.10 Å². The minimum absolute atomic E-state index is 0.0774. The Bertz CT molecular complexity index is 812. The molecule has 0 aromatic carbocycles. The zero-order valence-corrected chi connectivity index (χ0v) is 31.5. The molecule has 278 valence electrons. The predicted octanol–water partition coefficient (Wildman–Crippen LogP) is 12.6. The molecule has 0 aromatic heterocycles. The SMILES string of the molecule is CCC=CCC=CCC=CCC=CCCCCCCC(=O)OCC(CO)OC(=O)CCCCCCCCCCCCCCCCCCC. The van der Waals surface area contributed by atoms with E-state index in [1.165, 1.54) is 89.9 Å². The maximum atomic E-state index is 12.2. The third-order valence-electron chi connectivity index (χ3n) is 8.64. The van der Waals surface area contributed by atoms with Crippen molar-refractivity contribution in [3.63, 3.8) is 0 Å². The van der Waals surface area contributed by atoms with Gasteiger partial charge in [0, 0.05) is 12.8 Å². The molecule has 0 saturated heterocycles. The van der Waals surface area contributed by atoms with Crippen LogP contribution in [0, 0.1) is 0 Å². The summed E-state index contributed by atoms with van der Waals surface area (Å²) in [6, 6.07) is 0. The molecular formula is C43H76O5. The Morgan fingerprint density at radius 3 is 1.35 bits per heavy atom. The Kier molecular flexibility index (Phi) is 37.5. The smallest absolute Gasteiger partial charge is 0.306 e. The fraction of sp³-hybridized carbons (Fsp3) is 0.767. The fourth-order valence-electron chi connectivity index (χ4n) is 5.60. The highest BCUT2D eigenvalue weighted by molar-refractivity contribution is 5.70. The van der Waals surface area contributed by atoms with Crippen LogP contribution in [-0.4, -0.2) is 36.4 Å². The van der Waals surface area contributed by atoms with Crippen molar-refractivity contribution < 1.29 is 24.2 Å². The van der Waals surface area contributed by atoms with Gasteiger partial charge < -0.3 is 14.6 Å². The number of hydrogen-bond acceptors (Lipinski definition) is 5. The Morgan fingerprint density at radius 1 is 0.500 bits per heavy atom. The van der Waals surface area contributed by atoms with Crippen LogP contribution in [0.5, 0.6) is 0 Å². The predicted molar refractivity (Wildman–Crippen MR) is 205 cm³/mol. The van der Waals surface area contributed by atoms with E-state index in [0.29, 0.717) is 12.8 Å². The molecule has 0 aliphatic rings. The number of aliphatic hydroxyl groups excluding tert-OH is 1. The highest BCUT2D eigenvalue weighted by atomic mass is 16.6. The topological polar surface area (TPSA) is 72.8 Å². The zero-order valence-electron chi connectivity index (χ0n) is 31.5. The molecule has 5 heteroatoms. The summed E-state index contributed by atoms with van der Waals surface area (Å²) in [7, 11) is 0. The molecule has 0 bridgehead atoms. The van der Waals surface area contributed by atoms with Gasteiger partial charge in [-0.25, -0.2) is 0 Å². The molecule has 0 rings (SSSR count). The quantitative estimate of drug-likeness (QED) is 0.0407. The highest BCUT2D eigenvalue weighted by Gasteiger charge is 2.16. The summed E-state index contributed by atoms with van der Waals surface area (Å²) in [6.07, 6.45) is 48.9. The first-order valence-electron chi connectivity index (χ1n) is 20.2. The van der Waals surface area contributed by atoms with Crippen LogP contribution in [0.3, 0.4) is 0 Å². The van der Waals surface area contributed by atoms with Crippen LogP contribution in [0.15, 0.2) is 48.6 Å². The van der Waals surface area contributed by atoms with E-state index in [2.05, 4.69) is 62.5 Å². The average Bonchev–Trinajstić information content (AvgIpc) is 3.09. The van der Waals surface area contributed by atoms with Crippen molar-refractivity contribution in [3.8, 4) is 0 Å². The van der Waals surface area contributed by atoms with Crippen molar-refractivity contribution in [1.29, 1.82) is 0 Å². The van der Waals surface area contributed by atoms with E-state index >= 15 is 0 Å². The number of aliphatic hydroxyl groups is 1. The second-order valence-corrected chi connectivity index (χ2v) is 13.3.